The van der Waals surface area contributed by atoms with Gasteiger partial charge in [-0.1, -0.05) is 13.8 Å². The van der Waals surface area contributed by atoms with Crippen LogP contribution in [-0.2, 0) is 0 Å². The van der Waals surface area contributed by atoms with Crippen LogP contribution in [0.25, 0.3) is 0 Å². The molecule has 16 heavy (non-hydrogen) atoms. The van der Waals surface area contributed by atoms with E-state index in [2.05, 4.69) is 31.1 Å². The molecule has 0 bridgehead atoms. The Labute approximate surface area is 97.3 Å². The van der Waals surface area contributed by atoms with E-state index in [4.69, 9.17) is 0 Å². The number of hydrogen-bond donors (Lipinski definition) is 1. The number of rotatable bonds is 5. The molecule has 90 valence electrons. The van der Waals surface area contributed by atoms with Gasteiger partial charge in [-0.05, 0) is 38.3 Å². The standard InChI is InChI=1S/C13H21FN2/c1-5-13(4,6-2)16-10(3)11-7-12(14)9-15-8-11/h7-10,16H,5-6H2,1-4H3. The molecule has 1 rings (SSSR count). The zero-order chi connectivity index (χ0) is 12.2. The van der Waals surface area contributed by atoms with Crippen molar-refractivity contribution in [3.05, 3.63) is 29.8 Å². The van der Waals surface area contributed by atoms with Crippen molar-refractivity contribution in [1.29, 1.82) is 0 Å². The molecule has 1 atom stereocenters. The molecule has 0 aliphatic rings. The van der Waals surface area contributed by atoms with Crippen LogP contribution >= 0.6 is 0 Å². The third-order valence-electron chi connectivity index (χ3n) is 3.35. The monoisotopic (exact) mass is 224 g/mol. The minimum absolute atomic E-state index is 0.103. The third-order valence-corrected chi connectivity index (χ3v) is 3.35. The molecule has 0 radical (unpaired) electrons. The van der Waals surface area contributed by atoms with Gasteiger partial charge in [0.05, 0.1) is 6.20 Å². The summed E-state index contributed by atoms with van der Waals surface area (Å²) in [6, 6.07) is 1.66. The average Bonchev–Trinajstić information content (AvgIpc) is 2.29. The summed E-state index contributed by atoms with van der Waals surface area (Å²) in [5.74, 6) is -0.277. The van der Waals surface area contributed by atoms with Gasteiger partial charge < -0.3 is 5.32 Å². The molecule has 0 fully saturated rings. The van der Waals surface area contributed by atoms with Gasteiger partial charge in [0.1, 0.15) is 5.82 Å². The molecule has 3 heteroatoms. The second-order valence-corrected chi connectivity index (χ2v) is 4.57. The van der Waals surface area contributed by atoms with Crippen LogP contribution in [0, 0.1) is 5.82 Å². The molecule has 0 spiro atoms. The number of nitrogens with one attached hydrogen (secondary N) is 1. The van der Waals surface area contributed by atoms with E-state index in [0.717, 1.165) is 18.4 Å². The van der Waals surface area contributed by atoms with Gasteiger partial charge in [-0.2, -0.15) is 0 Å². The number of pyridine rings is 1. The first-order chi connectivity index (χ1) is 7.50. The lowest BCUT2D eigenvalue weighted by molar-refractivity contribution is 0.298. The van der Waals surface area contributed by atoms with Crippen LogP contribution < -0.4 is 5.32 Å². The summed E-state index contributed by atoms with van der Waals surface area (Å²) < 4.78 is 13.0. The highest BCUT2D eigenvalue weighted by Gasteiger charge is 2.22. The van der Waals surface area contributed by atoms with Crippen molar-refractivity contribution >= 4 is 0 Å². The Balaban J connectivity index is 2.75. The fourth-order valence-electron chi connectivity index (χ4n) is 1.73. The summed E-state index contributed by atoms with van der Waals surface area (Å²) in [6.45, 7) is 8.55. The highest BCUT2D eigenvalue weighted by molar-refractivity contribution is 5.14. The lowest BCUT2D eigenvalue weighted by Crippen LogP contribution is -2.42. The van der Waals surface area contributed by atoms with Gasteiger partial charge in [0, 0.05) is 17.8 Å². The Hall–Kier alpha value is -0.960. The number of nitrogens with zero attached hydrogens (tertiary/aromatic N) is 1. The first-order valence-corrected chi connectivity index (χ1v) is 5.89. The highest BCUT2D eigenvalue weighted by Crippen LogP contribution is 2.21. The van der Waals surface area contributed by atoms with Crippen molar-refractivity contribution in [1.82, 2.24) is 10.3 Å². The average molecular weight is 224 g/mol. The molecule has 1 heterocycles. The number of aromatic nitrogens is 1. The third kappa shape index (κ3) is 3.27. The number of halogens is 1. The van der Waals surface area contributed by atoms with Crippen LogP contribution in [-0.4, -0.2) is 10.5 Å². The molecule has 0 saturated heterocycles. The summed E-state index contributed by atoms with van der Waals surface area (Å²) in [5, 5.41) is 3.53. The summed E-state index contributed by atoms with van der Waals surface area (Å²) in [4.78, 5) is 3.87. The van der Waals surface area contributed by atoms with Crippen molar-refractivity contribution < 1.29 is 4.39 Å². The van der Waals surface area contributed by atoms with Crippen LogP contribution in [0.5, 0.6) is 0 Å². The lowest BCUT2D eigenvalue weighted by atomic mass is 9.93. The maximum absolute atomic E-state index is 13.0. The van der Waals surface area contributed by atoms with Crippen molar-refractivity contribution in [3.8, 4) is 0 Å². The maximum Gasteiger partial charge on any atom is 0.141 e. The highest BCUT2D eigenvalue weighted by atomic mass is 19.1. The fourth-order valence-corrected chi connectivity index (χ4v) is 1.73. The van der Waals surface area contributed by atoms with Crippen molar-refractivity contribution in [2.45, 2.75) is 52.1 Å². The second-order valence-electron chi connectivity index (χ2n) is 4.57. The van der Waals surface area contributed by atoms with Crippen molar-refractivity contribution in [2.24, 2.45) is 0 Å². The molecule has 1 unspecified atom stereocenters. The Morgan fingerprint density at radius 3 is 2.50 bits per heavy atom. The molecule has 1 aromatic heterocycles. The van der Waals surface area contributed by atoms with E-state index in [1.54, 1.807) is 6.20 Å². The zero-order valence-electron chi connectivity index (χ0n) is 10.5. The normalized spacial score (nSPS) is 13.8. The topological polar surface area (TPSA) is 24.9 Å². The minimum Gasteiger partial charge on any atom is -0.305 e. The van der Waals surface area contributed by atoms with Crippen molar-refractivity contribution in [2.75, 3.05) is 0 Å². The van der Waals surface area contributed by atoms with E-state index in [0.29, 0.717) is 0 Å². The Morgan fingerprint density at radius 1 is 1.38 bits per heavy atom. The SMILES string of the molecule is CCC(C)(CC)NC(C)c1cncc(F)c1. The lowest BCUT2D eigenvalue weighted by Gasteiger charge is -2.32. The first-order valence-electron chi connectivity index (χ1n) is 5.89. The van der Waals surface area contributed by atoms with E-state index >= 15 is 0 Å². The zero-order valence-corrected chi connectivity index (χ0v) is 10.5. The van der Waals surface area contributed by atoms with Gasteiger partial charge in [-0.3, -0.25) is 4.98 Å². The van der Waals surface area contributed by atoms with Crippen LogP contribution in [0.15, 0.2) is 18.5 Å². The summed E-state index contributed by atoms with van der Waals surface area (Å²) in [7, 11) is 0. The van der Waals surface area contributed by atoms with Crippen LogP contribution in [0.1, 0.15) is 52.1 Å². The summed E-state index contributed by atoms with van der Waals surface area (Å²) in [5.41, 5.74) is 0.999. The Morgan fingerprint density at radius 2 is 2.00 bits per heavy atom. The molecule has 0 saturated carbocycles. The molecular weight excluding hydrogens is 203 g/mol. The molecule has 1 N–H and O–H groups in total. The largest absolute Gasteiger partial charge is 0.305 e. The fraction of sp³-hybridized carbons (Fsp3) is 0.615. The van der Waals surface area contributed by atoms with Gasteiger partial charge in [0.2, 0.25) is 0 Å². The van der Waals surface area contributed by atoms with Crippen LogP contribution in [0.3, 0.4) is 0 Å². The number of hydrogen-bond acceptors (Lipinski definition) is 2. The van der Waals surface area contributed by atoms with E-state index < -0.39 is 0 Å². The van der Waals surface area contributed by atoms with E-state index in [-0.39, 0.29) is 17.4 Å². The van der Waals surface area contributed by atoms with E-state index in [9.17, 15) is 4.39 Å². The van der Waals surface area contributed by atoms with Gasteiger partial charge in [0.15, 0.2) is 0 Å². The summed E-state index contributed by atoms with van der Waals surface area (Å²) in [6.07, 6.45) is 5.05. The predicted octanol–water partition coefficient (Wildman–Crippen LogP) is 3.45. The quantitative estimate of drug-likeness (QED) is 0.828. The molecule has 0 amide bonds. The van der Waals surface area contributed by atoms with Crippen molar-refractivity contribution in [3.63, 3.8) is 0 Å². The molecule has 0 aliphatic carbocycles. The van der Waals surface area contributed by atoms with Crippen LogP contribution in [0.2, 0.25) is 0 Å². The Kier molecular flexibility index (Phi) is 4.42. The van der Waals surface area contributed by atoms with Crippen LogP contribution in [0.4, 0.5) is 4.39 Å². The second kappa shape index (κ2) is 5.39. The van der Waals surface area contributed by atoms with Gasteiger partial charge >= 0.3 is 0 Å². The van der Waals surface area contributed by atoms with E-state index in [1.807, 2.05) is 6.92 Å². The van der Waals surface area contributed by atoms with Gasteiger partial charge in [0.25, 0.3) is 0 Å². The molecule has 0 aromatic carbocycles. The molecule has 2 nitrogen and oxygen atoms in total. The maximum atomic E-state index is 13.0. The molecular formula is C13H21FN2. The first kappa shape index (κ1) is 13.1. The summed E-state index contributed by atoms with van der Waals surface area (Å²) >= 11 is 0. The van der Waals surface area contributed by atoms with Gasteiger partial charge in [-0.25, -0.2) is 4.39 Å². The van der Waals surface area contributed by atoms with E-state index in [1.165, 1.54) is 12.3 Å². The Bertz CT molecular complexity index is 334. The predicted molar refractivity (Wildman–Crippen MR) is 64.7 cm³/mol. The van der Waals surface area contributed by atoms with Gasteiger partial charge in [-0.15, -0.1) is 0 Å². The molecule has 1 aromatic rings. The molecule has 0 aliphatic heterocycles. The minimum atomic E-state index is -0.277. The smallest absolute Gasteiger partial charge is 0.141 e.